The normalized spacial score (nSPS) is 13.8. The minimum atomic E-state index is -4.52. The summed E-state index contributed by atoms with van der Waals surface area (Å²) < 4.78 is 43.0. The standard InChI is InChI=1S/C22H20F3N3O5/c1-33-21(32)15-12-28(10-11-29)20(31)18(15)26-16-4-2-3-5-17(16)27-19(30)13-6-8-14(9-7-13)22(23,24)25/h2-9,26,29H,10-12H2,1H3,(H,27,30). The minimum absolute atomic E-state index is 0.00154. The first kappa shape index (κ1) is 23.8. The van der Waals surface area contributed by atoms with Gasteiger partial charge in [0.1, 0.15) is 5.70 Å². The monoisotopic (exact) mass is 463 g/mol. The Kier molecular flexibility index (Phi) is 7.02. The number of alkyl halides is 3. The molecule has 0 radical (unpaired) electrons. The fourth-order valence-corrected chi connectivity index (χ4v) is 3.19. The third-order valence-electron chi connectivity index (χ3n) is 4.86. The van der Waals surface area contributed by atoms with E-state index in [-0.39, 0.29) is 47.9 Å². The van der Waals surface area contributed by atoms with Gasteiger partial charge >= 0.3 is 12.1 Å². The van der Waals surface area contributed by atoms with Crippen LogP contribution in [0.2, 0.25) is 0 Å². The van der Waals surface area contributed by atoms with Gasteiger partial charge < -0.3 is 25.4 Å². The number of ether oxygens (including phenoxy) is 1. The van der Waals surface area contributed by atoms with Crippen molar-refractivity contribution in [1.82, 2.24) is 4.90 Å². The Labute approximate surface area is 186 Å². The maximum atomic E-state index is 12.7. The molecule has 1 aliphatic rings. The molecule has 11 heteroatoms. The Morgan fingerprint density at radius 3 is 2.30 bits per heavy atom. The first-order chi connectivity index (χ1) is 15.7. The molecule has 3 N–H and O–H groups in total. The largest absolute Gasteiger partial charge is 0.466 e. The van der Waals surface area contributed by atoms with Crippen LogP contribution in [0.3, 0.4) is 0 Å². The quantitative estimate of drug-likeness (QED) is 0.545. The van der Waals surface area contributed by atoms with E-state index in [9.17, 15) is 27.6 Å². The molecular weight excluding hydrogens is 443 g/mol. The molecule has 0 spiro atoms. The van der Waals surface area contributed by atoms with Gasteiger partial charge in [-0.25, -0.2) is 4.79 Å². The molecular formula is C22H20F3N3O5. The molecule has 0 fully saturated rings. The van der Waals surface area contributed by atoms with Gasteiger partial charge in [-0.1, -0.05) is 12.1 Å². The molecule has 33 heavy (non-hydrogen) atoms. The number of amides is 2. The maximum Gasteiger partial charge on any atom is 0.416 e. The van der Waals surface area contributed by atoms with Gasteiger partial charge in [-0.15, -0.1) is 0 Å². The van der Waals surface area contributed by atoms with E-state index in [1.54, 1.807) is 18.2 Å². The molecule has 0 aromatic heterocycles. The minimum Gasteiger partial charge on any atom is -0.466 e. The maximum absolute atomic E-state index is 12.7. The van der Waals surface area contributed by atoms with Crippen molar-refractivity contribution in [2.75, 3.05) is 37.4 Å². The Bertz CT molecular complexity index is 1100. The molecule has 174 valence electrons. The molecule has 2 amide bonds. The van der Waals surface area contributed by atoms with E-state index in [4.69, 9.17) is 9.84 Å². The number of aliphatic hydroxyl groups excluding tert-OH is 1. The summed E-state index contributed by atoms with van der Waals surface area (Å²) in [6, 6.07) is 10.0. The zero-order chi connectivity index (χ0) is 24.2. The summed E-state index contributed by atoms with van der Waals surface area (Å²) in [4.78, 5) is 38.7. The number of halogens is 3. The number of carbonyl (C=O) groups excluding carboxylic acids is 3. The van der Waals surface area contributed by atoms with Crippen molar-refractivity contribution in [2.45, 2.75) is 6.18 Å². The number of nitrogens with zero attached hydrogens (tertiary/aromatic N) is 1. The average Bonchev–Trinajstić information content (AvgIpc) is 3.09. The Morgan fingerprint density at radius 1 is 1.09 bits per heavy atom. The van der Waals surface area contributed by atoms with Crippen molar-refractivity contribution < 1.29 is 37.4 Å². The number of aliphatic hydroxyl groups is 1. The number of carbonyl (C=O) groups is 3. The van der Waals surface area contributed by atoms with E-state index < -0.39 is 29.5 Å². The predicted molar refractivity (Wildman–Crippen MR) is 112 cm³/mol. The third kappa shape index (κ3) is 5.32. The highest BCUT2D eigenvalue weighted by Crippen LogP contribution is 2.30. The number of hydrogen-bond acceptors (Lipinski definition) is 6. The van der Waals surface area contributed by atoms with Crippen LogP contribution in [0.4, 0.5) is 24.5 Å². The molecule has 0 unspecified atom stereocenters. The smallest absolute Gasteiger partial charge is 0.416 e. The molecule has 0 saturated heterocycles. The zero-order valence-electron chi connectivity index (χ0n) is 17.4. The summed E-state index contributed by atoms with van der Waals surface area (Å²) >= 11 is 0. The number of nitrogens with one attached hydrogen (secondary N) is 2. The fraction of sp³-hybridized carbons (Fsp3) is 0.227. The predicted octanol–water partition coefficient (Wildman–Crippen LogP) is 2.63. The van der Waals surface area contributed by atoms with Gasteiger partial charge in [0.05, 0.1) is 42.8 Å². The van der Waals surface area contributed by atoms with E-state index in [1.807, 2.05) is 0 Å². The van der Waals surface area contributed by atoms with Crippen LogP contribution in [0.1, 0.15) is 15.9 Å². The fourth-order valence-electron chi connectivity index (χ4n) is 3.19. The second-order valence-corrected chi connectivity index (χ2v) is 7.00. The second-order valence-electron chi connectivity index (χ2n) is 7.00. The number of hydrogen-bond donors (Lipinski definition) is 3. The number of esters is 1. The summed E-state index contributed by atoms with van der Waals surface area (Å²) in [5.74, 6) is -1.93. The molecule has 3 rings (SSSR count). The summed E-state index contributed by atoms with van der Waals surface area (Å²) in [5, 5.41) is 14.6. The first-order valence-corrected chi connectivity index (χ1v) is 9.72. The Balaban J connectivity index is 1.85. The topological polar surface area (TPSA) is 108 Å². The summed E-state index contributed by atoms with van der Waals surface area (Å²) in [5.41, 5.74) is -0.388. The van der Waals surface area contributed by atoms with Crippen molar-refractivity contribution in [3.05, 3.63) is 70.9 Å². The number of rotatable bonds is 7. The van der Waals surface area contributed by atoms with Gasteiger partial charge in [-0.2, -0.15) is 13.2 Å². The Morgan fingerprint density at radius 2 is 1.73 bits per heavy atom. The average molecular weight is 463 g/mol. The van der Waals surface area contributed by atoms with E-state index >= 15 is 0 Å². The van der Waals surface area contributed by atoms with Crippen LogP contribution >= 0.6 is 0 Å². The number of anilines is 2. The van der Waals surface area contributed by atoms with Crippen molar-refractivity contribution in [1.29, 1.82) is 0 Å². The molecule has 2 aromatic carbocycles. The highest BCUT2D eigenvalue weighted by atomic mass is 19.4. The molecule has 8 nitrogen and oxygen atoms in total. The van der Waals surface area contributed by atoms with Crippen molar-refractivity contribution in [2.24, 2.45) is 0 Å². The van der Waals surface area contributed by atoms with Crippen LogP contribution in [-0.2, 0) is 20.5 Å². The summed E-state index contributed by atoms with van der Waals surface area (Å²) in [6.07, 6.45) is -4.52. The van der Waals surface area contributed by atoms with E-state index in [0.29, 0.717) is 0 Å². The molecule has 1 aliphatic heterocycles. The second kappa shape index (κ2) is 9.74. The van der Waals surface area contributed by atoms with Gasteiger partial charge in [0.25, 0.3) is 11.8 Å². The van der Waals surface area contributed by atoms with Gasteiger partial charge in [-0.3, -0.25) is 9.59 Å². The number of benzene rings is 2. The lowest BCUT2D eigenvalue weighted by Crippen LogP contribution is -2.31. The lowest BCUT2D eigenvalue weighted by atomic mass is 10.1. The molecule has 0 saturated carbocycles. The van der Waals surface area contributed by atoms with E-state index in [2.05, 4.69) is 10.6 Å². The van der Waals surface area contributed by atoms with Crippen LogP contribution in [-0.4, -0.2) is 54.6 Å². The lowest BCUT2D eigenvalue weighted by molar-refractivity contribution is -0.138. The number of para-hydroxylation sites is 2. The van der Waals surface area contributed by atoms with Crippen molar-refractivity contribution in [3.63, 3.8) is 0 Å². The van der Waals surface area contributed by atoms with Gasteiger partial charge in [0, 0.05) is 12.1 Å². The SMILES string of the molecule is COC(=O)C1=C(Nc2ccccc2NC(=O)c2ccc(C(F)(F)F)cc2)C(=O)N(CCO)C1. The highest BCUT2D eigenvalue weighted by Gasteiger charge is 2.35. The molecule has 0 bridgehead atoms. The molecule has 0 atom stereocenters. The van der Waals surface area contributed by atoms with Crippen molar-refractivity contribution in [3.8, 4) is 0 Å². The summed E-state index contributed by atoms with van der Waals surface area (Å²) in [6.45, 7) is -0.349. The van der Waals surface area contributed by atoms with Crippen LogP contribution < -0.4 is 10.6 Å². The third-order valence-corrected chi connectivity index (χ3v) is 4.86. The van der Waals surface area contributed by atoms with Gasteiger partial charge in [-0.05, 0) is 36.4 Å². The zero-order valence-corrected chi connectivity index (χ0v) is 17.4. The molecule has 2 aromatic rings. The lowest BCUT2D eigenvalue weighted by Gasteiger charge is -2.16. The first-order valence-electron chi connectivity index (χ1n) is 9.72. The van der Waals surface area contributed by atoms with Crippen LogP contribution in [0.5, 0.6) is 0 Å². The van der Waals surface area contributed by atoms with E-state index in [1.165, 1.54) is 18.1 Å². The Hall–Kier alpha value is -3.86. The number of β-amino-alcohol motifs (C(OH)–C–C–N with tert-alkyl or cyclic N) is 1. The van der Waals surface area contributed by atoms with Crippen LogP contribution in [0.15, 0.2) is 59.8 Å². The van der Waals surface area contributed by atoms with E-state index in [0.717, 1.165) is 24.3 Å². The van der Waals surface area contributed by atoms with Crippen LogP contribution in [0, 0.1) is 0 Å². The van der Waals surface area contributed by atoms with Gasteiger partial charge in [0.15, 0.2) is 0 Å². The number of methoxy groups -OCH3 is 1. The summed E-state index contributed by atoms with van der Waals surface area (Å²) in [7, 11) is 1.17. The molecule has 0 aliphatic carbocycles. The highest BCUT2D eigenvalue weighted by molar-refractivity contribution is 6.10. The molecule has 1 heterocycles. The van der Waals surface area contributed by atoms with Gasteiger partial charge in [0.2, 0.25) is 0 Å². The van der Waals surface area contributed by atoms with Crippen molar-refractivity contribution >= 4 is 29.2 Å². The van der Waals surface area contributed by atoms with Crippen LogP contribution in [0.25, 0.3) is 0 Å².